The lowest BCUT2D eigenvalue weighted by atomic mass is 10.1. The van der Waals surface area contributed by atoms with Gasteiger partial charge in [0.2, 0.25) is 0 Å². The smallest absolute Gasteiger partial charge is 0.265 e. The highest BCUT2D eigenvalue weighted by Gasteiger charge is 2.21. The van der Waals surface area contributed by atoms with E-state index in [1.54, 1.807) is 30.3 Å². The predicted molar refractivity (Wildman–Crippen MR) is 82.6 cm³/mol. The van der Waals surface area contributed by atoms with Crippen molar-refractivity contribution in [1.82, 2.24) is 4.72 Å². The summed E-state index contributed by atoms with van der Waals surface area (Å²) in [6.07, 6.45) is 0. The number of amides is 1. The van der Waals surface area contributed by atoms with Crippen molar-refractivity contribution in [2.24, 2.45) is 0 Å². The number of hydrogen-bond acceptors (Lipinski definition) is 5. The zero-order valence-corrected chi connectivity index (χ0v) is 13.2. The number of benzene rings is 2. The monoisotopic (exact) mass is 333 g/mol. The van der Waals surface area contributed by atoms with Crippen LogP contribution in [0.4, 0.5) is 0 Å². The normalized spacial score (nSPS) is 13.4. The number of sulfonamides is 1. The number of carbonyl (C=O) groups is 1. The van der Waals surface area contributed by atoms with Gasteiger partial charge in [0.25, 0.3) is 15.9 Å². The minimum Gasteiger partial charge on any atom is -0.497 e. The van der Waals surface area contributed by atoms with Gasteiger partial charge >= 0.3 is 0 Å². The van der Waals surface area contributed by atoms with Gasteiger partial charge in [-0.05, 0) is 35.4 Å². The molecule has 6 nitrogen and oxygen atoms in total. The van der Waals surface area contributed by atoms with Crippen molar-refractivity contribution in [3.63, 3.8) is 0 Å². The van der Waals surface area contributed by atoms with Crippen LogP contribution in [0, 0.1) is 0 Å². The second-order valence-electron chi connectivity index (χ2n) is 5.09. The van der Waals surface area contributed by atoms with Crippen molar-refractivity contribution in [2.75, 3.05) is 7.11 Å². The zero-order chi connectivity index (χ0) is 16.4. The molecule has 2 aromatic rings. The molecule has 0 aromatic heterocycles. The summed E-state index contributed by atoms with van der Waals surface area (Å²) >= 11 is 0. The molecule has 1 heterocycles. The Morgan fingerprint density at radius 3 is 2.70 bits per heavy atom. The first-order chi connectivity index (χ1) is 11.0. The average molecular weight is 333 g/mol. The Morgan fingerprint density at radius 2 is 1.91 bits per heavy atom. The summed E-state index contributed by atoms with van der Waals surface area (Å²) in [6, 6.07) is 10.9. The summed E-state index contributed by atoms with van der Waals surface area (Å²) in [5.74, 6) is -0.280. The third kappa shape index (κ3) is 3.20. The van der Waals surface area contributed by atoms with E-state index in [9.17, 15) is 13.2 Å². The number of rotatable bonds is 4. The molecule has 1 aliphatic heterocycles. The van der Waals surface area contributed by atoms with Crippen LogP contribution in [0.2, 0.25) is 0 Å². The van der Waals surface area contributed by atoms with E-state index in [0.717, 1.165) is 11.1 Å². The van der Waals surface area contributed by atoms with Crippen LogP contribution >= 0.6 is 0 Å². The van der Waals surface area contributed by atoms with Crippen LogP contribution in [-0.2, 0) is 28.0 Å². The molecule has 0 fully saturated rings. The summed E-state index contributed by atoms with van der Waals surface area (Å²) in [7, 11) is -2.52. The first-order valence-electron chi connectivity index (χ1n) is 6.90. The molecule has 1 amide bonds. The van der Waals surface area contributed by atoms with E-state index in [1.807, 2.05) is 0 Å². The van der Waals surface area contributed by atoms with E-state index >= 15 is 0 Å². The first-order valence-corrected chi connectivity index (χ1v) is 8.39. The number of ether oxygens (including phenoxy) is 2. The fraction of sp³-hybridized carbons (Fsp3) is 0.188. The lowest BCUT2D eigenvalue weighted by Gasteiger charge is -2.09. The molecule has 2 aromatic carbocycles. The summed E-state index contributed by atoms with van der Waals surface area (Å²) < 4.78 is 37.0. The number of hydrogen-bond donors (Lipinski definition) is 1. The summed E-state index contributed by atoms with van der Waals surface area (Å²) in [5, 5.41) is 0. The summed E-state index contributed by atoms with van der Waals surface area (Å²) in [4.78, 5) is 12.2. The lowest BCUT2D eigenvalue weighted by molar-refractivity contribution is 0.0981. The molecule has 7 heteroatoms. The van der Waals surface area contributed by atoms with Crippen LogP contribution in [0.15, 0.2) is 47.4 Å². The van der Waals surface area contributed by atoms with Gasteiger partial charge in [-0.1, -0.05) is 12.1 Å². The third-order valence-electron chi connectivity index (χ3n) is 3.56. The van der Waals surface area contributed by atoms with Crippen molar-refractivity contribution < 1.29 is 22.7 Å². The van der Waals surface area contributed by atoms with Crippen LogP contribution in [0.3, 0.4) is 0 Å². The van der Waals surface area contributed by atoms with Gasteiger partial charge in [-0.25, -0.2) is 13.1 Å². The predicted octanol–water partition coefficient (Wildman–Crippen LogP) is 1.84. The van der Waals surface area contributed by atoms with Crippen molar-refractivity contribution in [3.05, 3.63) is 59.2 Å². The van der Waals surface area contributed by atoms with Gasteiger partial charge in [0, 0.05) is 11.6 Å². The summed E-state index contributed by atoms with van der Waals surface area (Å²) in [6.45, 7) is 0.943. The van der Waals surface area contributed by atoms with Crippen LogP contribution in [0.1, 0.15) is 21.5 Å². The molecule has 120 valence electrons. The van der Waals surface area contributed by atoms with Gasteiger partial charge in [-0.15, -0.1) is 0 Å². The molecule has 0 spiro atoms. The third-order valence-corrected chi connectivity index (χ3v) is 4.89. The SMILES string of the molecule is COc1cccc(S(=O)(=O)NC(=O)c2ccc3c(c2)COC3)c1. The lowest BCUT2D eigenvalue weighted by Crippen LogP contribution is -2.30. The average Bonchev–Trinajstić information content (AvgIpc) is 3.02. The number of nitrogens with one attached hydrogen (secondary N) is 1. The molecule has 1 N–H and O–H groups in total. The van der Waals surface area contributed by atoms with Crippen molar-refractivity contribution in [3.8, 4) is 5.75 Å². The Hall–Kier alpha value is -2.38. The van der Waals surface area contributed by atoms with E-state index < -0.39 is 15.9 Å². The molecule has 0 saturated carbocycles. The van der Waals surface area contributed by atoms with Gasteiger partial charge in [-0.3, -0.25) is 4.79 Å². The maximum absolute atomic E-state index is 12.3. The highest BCUT2D eigenvalue weighted by molar-refractivity contribution is 7.90. The Kier molecular flexibility index (Phi) is 4.06. The highest BCUT2D eigenvalue weighted by Crippen LogP contribution is 2.21. The first kappa shape index (κ1) is 15.5. The van der Waals surface area contributed by atoms with E-state index in [0.29, 0.717) is 19.0 Å². The topological polar surface area (TPSA) is 81.7 Å². The fourth-order valence-electron chi connectivity index (χ4n) is 2.32. The van der Waals surface area contributed by atoms with Gasteiger partial charge in [0.05, 0.1) is 25.2 Å². The Bertz CT molecular complexity index is 861. The molecular weight excluding hydrogens is 318 g/mol. The van der Waals surface area contributed by atoms with Gasteiger partial charge < -0.3 is 9.47 Å². The molecule has 0 unspecified atom stereocenters. The molecular formula is C16H15NO5S. The molecule has 3 rings (SSSR count). The van der Waals surface area contributed by atoms with Crippen LogP contribution in [-0.4, -0.2) is 21.4 Å². The Balaban J connectivity index is 1.83. The largest absolute Gasteiger partial charge is 0.497 e. The van der Waals surface area contributed by atoms with Crippen molar-refractivity contribution in [2.45, 2.75) is 18.1 Å². The Morgan fingerprint density at radius 1 is 1.13 bits per heavy atom. The van der Waals surface area contributed by atoms with Gasteiger partial charge in [-0.2, -0.15) is 0 Å². The van der Waals surface area contributed by atoms with E-state index in [1.165, 1.54) is 19.2 Å². The maximum Gasteiger partial charge on any atom is 0.265 e. The van der Waals surface area contributed by atoms with Crippen molar-refractivity contribution >= 4 is 15.9 Å². The highest BCUT2D eigenvalue weighted by atomic mass is 32.2. The number of carbonyl (C=O) groups excluding carboxylic acids is 1. The number of fused-ring (bicyclic) bond motifs is 1. The van der Waals surface area contributed by atoms with E-state index in [-0.39, 0.29) is 10.5 Å². The van der Waals surface area contributed by atoms with E-state index in [2.05, 4.69) is 4.72 Å². The molecule has 0 aliphatic carbocycles. The summed E-state index contributed by atoms with van der Waals surface area (Å²) in [5.41, 5.74) is 2.19. The quantitative estimate of drug-likeness (QED) is 0.923. The molecule has 0 radical (unpaired) electrons. The Labute approximate surface area is 134 Å². The standard InChI is InChI=1S/C16H15NO5S/c1-21-14-3-2-4-15(8-14)23(19,20)17-16(18)11-5-6-12-9-22-10-13(12)7-11/h2-8H,9-10H2,1H3,(H,17,18). The fourth-order valence-corrected chi connectivity index (χ4v) is 3.33. The van der Waals surface area contributed by atoms with Gasteiger partial charge in [0.1, 0.15) is 5.75 Å². The minimum atomic E-state index is -3.97. The molecule has 0 saturated heterocycles. The molecule has 0 bridgehead atoms. The second kappa shape index (κ2) is 6.02. The maximum atomic E-state index is 12.3. The molecule has 23 heavy (non-hydrogen) atoms. The van der Waals surface area contributed by atoms with E-state index in [4.69, 9.17) is 9.47 Å². The van der Waals surface area contributed by atoms with Crippen LogP contribution in [0.25, 0.3) is 0 Å². The van der Waals surface area contributed by atoms with Crippen LogP contribution < -0.4 is 9.46 Å². The minimum absolute atomic E-state index is 0.0327. The van der Waals surface area contributed by atoms with Gasteiger partial charge in [0.15, 0.2) is 0 Å². The van der Waals surface area contributed by atoms with Crippen molar-refractivity contribution in [1.29, 1.82) is 0 Å². The van der Waals surface area contributed by atoms with Crippen LogP contribution in [0.5, 0.6) is 5.75 Å². The number of methoxy groups -OCH3 is 1. The second-order valence-corrected chi connectivity index (χ2v) is 6.77. The zero-order valence-electron chi connectivity index (χ0n) is 12.4. The molecule has 0 atom stereocenters. The molecule has 1 aliphatic rings.